The molecule has 0 aliphatic heterocycles. The lowest BCUT2D eigenvalue weighted by atomic mass is 9.86. The van der Waals surface area contributed by atoms with Crippen molar-refractivity contribution in [2.45, 2.75) is 56.6 Å². The zero-order valence-electron chi connectivity index (χ0n) is 14.0. The van der Waals surface area contributed by atoms with E-state index in [0.29, 0.717) is 24.1 Å². The number of amides is 1. The first-order valence-corrected chi connectivity index (χ1v) is 9.44. The van der Waals surface area contributed by atoms with Crippen molar-refractivity contribution in [3.63, 3.8) is 0 Å². The number of sulfonamides is 1. The predicted molar refractivity (Wildman–Crippen MR) is 87.6 cm³/mol. The van der Waals surface area contributed by atoms with Gasteiger partial charge in [-0.25, -0.2) is 13.1 Å². The molecule has 0 unspecified atom stereocenters. The van der Waals surface area contributed by atoms with Crippen LogP contribution in [0.2, 0.25) is 0 Å². The highest BCUT2D eigenvalue weighted by Gasteiger charge is 2.42. The lowest BCUT2D eigenvalue weighted by Crippen LogP contribution is -2.41. The Morgan fingerprint density at radius 2 is 1.92 bits per heavy atom. The van der Waals surface area contributed by atoms with Gasteiger partial charge in [0.15, 0.2) is 0 Å². The first kappa shape index (κ1) is 19.7. The molecule has 1 saturated carbocycles. The van der Waals surface area contributed by atoms with Gasteiger partial charge in [0.2, 0.25) is 15.9 Å². The first-order chi connectivity index (χ1) is 11.5. The number of carbonyl (C=O) groups excluding carboxylic acids is 1. The Balaban J connectivity index is 2.20. The normalized spacial score (nSPS) is 21.8. The van der Waals surface area contributed by atoms with Crippen LogP contribution >= 0.6 is 0 Å². The Bertz CT molecular complexity index is 747. The number of nitrogens with one attached hydrogen (secondary N) is 2. The Morgan fingerprint density at radius 1 is 1.24 bits per heavy atom. The van der Waals surface area contributed by atoms with Gasteiger partial charge in [-0.1, -0.05) is 12.5 Å². The van der Waals surface area contributed by atoms with Crippen molar-refractivity contribution in [3.8, 4) is 0 Å². The summed E-state index contributed by atoms with van der Waals surface area (Å²) in [6, 6.07) is 3.66. The van der Waals surface area contributed by atoms with Crippen molar-refractivity contribution in [2.75, 3.05) is 5.32 Å². The number of anilines is 1. The number of rotatable bonds is 4. The van der Waals surface area contributed by atoms with Crippen molar-refractivity contribution < 1.29 is 26.4 Å². The number of carbonyl (C=O) groups is 1. The Kier molecular flexibility index (Phi) is 5.78. The summed E-state index contributed by atoms with van der Waals surface area (Å²) in [5.74, 6) is -1.83. The van der Waals surface area contributed by atoms with Crippen LogP contribution in [0, 0.1) is 12.8 Å². The maximum Gasteiger partial charge on any atom is 0.391 e. The van der Waals surface area contributed by atoms with E-state index in [1.165, 1.54) is 13.0 Å². The predicted octanol–water partition coefficient (Wildman–Crippen LogP) is 3.35. The molecule has 9 heteroatoms. The van der Waals surface area contributed by atoms with Crippen LogP contribution in [0.15, 0.2) is 23.1 Å². The average molecular weight is 378 g/mol. The van der Waals surface area contributed by atoms with E-state index in [1.54, 1.807) is 19.1 Å². The second-order valence-corrected chi connectivity index (χ2v) is 8.07. The molecule has 2 atom stereocenters. The van der Waals surface area contributed by atoms with Gasteiger partial charge in [0.1, 0.15) is 0 Å². The Labute approximate surface area is 145 Å². The van der Waals surface area contributed by atoms with Crippen molar-refractivity contribution in [1.82, 2.24) is 4.72 Å². The van der Waals surface area contributed by atoms with Crippen LogP contribution < -0.4 is 10.0 Å². The summed E-state index contributed by atoms with van der Waals surface area (Å²) in [5.41, 5.74) is 0.764. The zero-order chi connectivity index (χ0) is 18.8. The summed E-state index contributed by atoms with van der Waals surface area (Å²) in [6.45, 7) is 2.89. The quantitative estimate of drug-likeness (QED) is 0.844. The third kappa shape index (κ3) is 5.18. The molecule has 25 heavy (non-hydrogen) atoms. The molecule has 1 aliphatic carbocycles. The minimum Gasteiger partial charge on any atom is -0.326 e. The molecule has 0 aromatic heterocycles. The summed E-state index contributed by atoms with van der Waals surface area (Å²) < 4.78 is 66.3. The van der Waals surface area contributed by atoms with Crippen molar-refractivity contribution >= 4 is 21.6 Å². The van der Waals surface area contributed by atoms with E-state index in [1.807, 2.05) is 0 Å². The molecule has 2 rings (SSSR count). The molecule has 0 heterocycles. The third-order valence-electron chi connectivity index (χ3n) is 4.26. The Morgan fingerprint density at radius 3 is 2.52 bits per heavy atom. The maximum absolute atomic E-state index is 12.9. The van der Waals surface area contributed by atoms with E-state index < -0.39 is 28.2 Å². The van der Waals surface area contributed by atoms with Crippen LogP contribution in [0.25, 0.3) is 0 Å². The summed E-state index contributed by atoms with van der Waals surface area (Å²) in [7, 11) is -3.99. The number of aryl methyl sites for hydroxylation is 1. The third-order valence-corrected chi connectivity index (χ3v) is 5.92. The lowest BCUT2D eigenvalue weighted by molar-refractivity contribution is -0.183. The van der Waals surface area contributed by atoms with Gasteiger partial charge in [0.05, 0.1) is 10.8 Å². The molecule has 1 aromatic rings. The molecule has 0 saturated heterocycles. The minimum atomic E-state index is -4.31. The van der Waals surface area contributed by atoms with Crippen LogP contribution in [0.3, 0.4) is 0 Å². The number of hydrogen-bond acceptors (Lipinski definition) is 3. The second-order valence-electron chi connectivity index (χ2n) is 6.38. The van der Waals surface area contributed by atoms with Gasteiger partial charge >= 0.3 is 6.18 Å². The molecule has 1 fully saturated rings. The van der Waals surface area contributed by atoms with Gasteiger partial charge in [-0.3, -0.25) is 4.79 Å². The molecule has 5 nitrogen and oxygen atoms in total. The Hall–Kier alpha value is -1.61. The van der Waals surface area contributed by atoms with Gasteiger partial charge in [-0.15, -0.1) is 0 Å². The largest absolute Gasteiger partial charge is 0.391 e. The minimum absolute atomic E-state index is 0.0266. The maximum atomic E-state index is 12.9. The summed E-state index contributed by atoms with van der Waals surface area (Å²) >= 11 is 0. The molecule has 0 bridgehead atoms. The molecule has 140 valence electrons. The van der Waals surface area contributed by atoms with Crippen molar-refractivity contribution in [2.24, 2.45) is 5.92 Å². The summed E-state index contributed by atoms with van der Waals surface area (Å²) in [5, 5.41) is 2.50. The van der Waals surface area contributed by atoms with Crippen LogP contribution in [0.4, 0.5) is 18.9 Å². The van der Waals surface area contributed by atoms with E-state index in [9.17, 15) is 26.4 Å². The summed E-state index contributed by atoms with van der Waals surface area (Å²) in [4.78, 5) is 11.1. The van der Waals surface area contributed by atoms with Crippen LogP contribution in [-0.2, 0) is 14.8 Å². The highest BCUT2D eigenvalue weighted by molar-refractivity contribution is 7.89. The molecular formula is C16H21F3N2O3S. The smallest absolute Gasteiger partial charge is 0.326 e. The monoisotopic (exact) mass is 378 g/mol. The van der Waals surface area contributed by atoms with Gasteiger partial charge in [-0.2, -0.15) is 13.2 Å². The molecular weight excluding hydrogens is 357 g/mol. The number of benzene rings is 1. The molecule has 1 aliphatic rings. The SMILES string of the molecule is CC(=O)Nc1ccc(C)c(S(=O)(=O)N[C@@H]2CCC[C@H](C(F)(F)F)C2)c1. The molecule has 1 aromatic carbocycles. The molecule has 0 radical (unpaired) electrons. The topological polar surface area (TPSA) is 75.3 Å². The number of alkyl halides is 3. The van der Waals surface area contributed by atoms with E-state index >= 15 is 0 Å². The van der Waals surface area contributed by atoms with E-state index in [4.69, 9.17) is 0 Å². The van der Waals surface area contributed by atoms with E-state index in [-0.39, 0.29) is 23.6 Å². The summed E-state index contributed by atoms with van der Waals surface area (Å²) in [6.07, 6.45) is -3.85. The van der Waals surface area contributed by atoms with E-state index in [0.717, 1.165) is 0 Å². The lowest BCUT2D eigenvalue weighted by Gasteiger charge is -2.31. The fraction of sp³-hybridized carbons (Fsp3) is 0.562. The van der Waals surface area contributed by atoms with Crippen LogP contribution in [0.1, 0.15) is 38.2 Å². The van der Waals surface area contributed by atoms with Gasteiger partial charge in [0.25, 0.3) is 0 Å². The number of halogens is 3. The zero-order valence-corrected chi connectivity index (χ0v) is 14.8. The van der Waals surface area contributed by atoms with Crippen LogP contribution in [0.5, 0.6) is 0 Å². The number of hydrogen-bond donors (Lipinski definition) is 2. The highest BCUT2D eigenvalue weighted by atomic mass is 32.2. The molecule has 2 N–H and O–H groups in total. The van der Waals surface area contributed by atoms with Gasteiger partial charge < -0.3 is 5.32 Å². The van der Waals surface area contributed by atoms with Gasteiger partial charge in [-0.05, 0) is 43.9 Å². The standard InChI is InChI=1S/C16H21F3N2O3S/c1-10-6-7-13(20-11(2)22)9-15(10)25(23,24)21-14-5-3-4-12(8-14)16(17,18)19/h6-7,9,12,14,21H,3-5,8H2,1-2H3,(H,20,22)/t12-,14+/m0/s1. The second kappa shape index (κ2) is 7.33. The fourth-order valence-corrected chi connectivity index (χ4v) is 4.60. The van der Waals surface area contributed by atoms with Crippen LogP contribution in [-0.4, -0.2) is 26.5 Å². The molecule has 0 spiro atoms. The highest BCUT2D eigenvalue weighted by Crippen LogP contribution is 2.38. The van der Waals surface area contributed by atoms with E-state index in [2.05, 4.69) is 10.0 Å². The fourth-order valence-electron chi connectivity index (χ4n) is 3.05. The van der Waals surface area contributed by atoms with Crippen molar-refractivity contribution in [3.05, 3.63) is 23.8 Å². The van der Waals surface area contributed by atoms with Gasteiger partial charge in [0, 0.05) is 18.7 Å². The average Bonchev–Trinajstić information content (AvgIpc) is 2.47. The molecule has 1 amide bonds. The first-order valence-electron chi connectivity index (χ1n) is 7.96. The van der Waals surface area contributed by atoms with Crippen molar-refractivity contribution in [1.29, 1.82) is 0 Å².